The lowest BCUT2D eigenvalue weighted by Crippen LogP contribution is -2.31. The summed E-state index contributed by atoms with van der Waals surface area (Å²) in [4.78, 5) is 0. The summed E-state index contributed by atoms with van der Waals surface area (Å²) in [6.45, 7) is 1.04. The van der Waals surface area contributed by atoms with Gasteiger partial charge in [0, 0.05) is 19.2 Å². The minimum atomic E-state index is 0.250. The molecule has 1 aliphatic carbocycles. The molecule has 4 heteroatoms. The van der Waals surface area contributed by atoms with Gasteiger partial charge >= 0.3 is 0 Å². The van der Waals surface area contributed by atoms with Crippen molar-refractivity contribution in [1.82, 2.24) is 5.32 Å². The highest BCUT2D eigenvalue weighted by Crippen LogP contribution is 2.34. The molecule has 1 aliphatic rings. The number of hydrogen-bond acceptors (Lipinski definition) is 4. The summed E-state index contributed by atoms with van der Waals surface area (Å²) in [5, 5.41) is 12.6. The van der Waals surface area contributed by atoms with Crippen molar-refractivity contribution in [3.05, 3.63) is 23.8 Å². The number of aliphatic hydroxyl groups excluding tert-OH is 1. The molecule has 0 bridgehead atoms. The molecule has 0 aromatic heterocycles. The van der Waals surface area contributed by atoms with E-state index < -0.39 is 0 Å². The van der Waals surface area contributed by atoms with E-state index in [0.29, 0.717) is 6.04 Å². The first kappa shape index (κ1) is 14.2. The van der Waals surface area contributed by atoms with Gasteiger partial charge in [-0.15, -0.1) is 0 Å². The van der Waals surface area contributed by atoms with Gasteiger partial charge in [0.05, 0.1) is 14.2 Å². The van der Waals surface area contributed by atoms with Crippen LogP contribution in [-0.4, -0.2) is 32.0 Å². The van der Waals surface area contributed by atoms with Crippen LogP contribution in [0.1, 0.15) is 24.8 Å². The Morgan fingerprint density at radius 2 is 2.00 bits per heavy atom. The molecule has 0 radical (unpaired) electrons. The lowest BCUT2D eigenvalue weighted by atomic mass is 10.1. The van der Waals surface area contributed by atoms with E-state index in [0.717, 1.165) is 30.4 Å². The fourth-order valence-electron chi connectivity index (χ4n) is 2.38. The predicted molar refractivity (Wildman–Crippen MR) is 74.6 cm³/mol. The highest BCUT2D eigenvalue weighted by atomic mass is 16.5. The SMILES string of the molecule is COc1ccc(CNC(CCO)C2CC2)cc1OC. The fourth-order valence-corrected chi connectivity index (χ4v) is 2.38. The molecule has 1 unspecified atom stereocenters. The number of rotatable bonds is 8. The van der Waals surface area contributed by atoms with Crippen molar-refractivity contribution in [2.24, 2.45) is 5.92 Å². The van der Waals surface area contributed by atoms with E-state index in [-0.39, 0.29) is 6.61 Å². The molecule has 19 heavy (non-hydrogen) atoms. The van der Waals surface area contributed by atoms with Crippen molar-refractivity contribution in [3.8, 4) is 11.5 Å². The van der Waals surface area contributed by atoms with Crippen LogP contribution in [0.5, 0.6) is 11.5 Å². The molecule has 2 rings (SSSR count). The van der Waals surface area contributed by atoms with E-state index >= 15 is 0 Å². The third-order valence-corrected chi connectivity index (χ3v) is 3.65. The molecule has 2 N–H and O–H groups in total. The standard InChI is InChI=1S/C15H23NO3/c1-18-14-6-3-11(9-15(14)19-2)10-16-13(7-8-17)12-4-5-12/h3,6,9,12-13,16-17H,4-5,7-8,10H2,1-2H3. The van der Waals surface area contributed by atoms with Gasteiger partial charge < -0.3 is 19.9 Å². The third kappa shape index (κ3) is 3.85. The van der Waals surface area contributed by atoms with Crippen LogP contribution in [-0.2, 0) is 6.54 Å². The molecular weight excluding hydrogens is 242 g/mol. The van der Waals surface area contributed by atoms with Crippen molar-refractivity contribution >= 4 is 0 Å². The van der Waals surface area contributed by atoms with E-state index in [2.05, 4.69) is 5.32 Å². The van der Waals surface area contributed by atoms with Gasteiger partial charge in [0.15, 0.2) is 11.5 Å². The summed E-state index contributed by atoms with van der Waals surface area (Å²) < 4.78 is 10.5. The molecule has 0 saturated heterocycles. The zero-order valence-corrected chi connectivity index (χ0v) is 11.7. The summed E-state index contributed by atoms with van der Waals surface area (Å²) in [6, 6.07) is 6.39. The predicted octanol–water partition coefficient (Wildman–Crippen LogP) is 1.95. The summed E-state index contributed by atoms with van der Waals surface area (Å²) in [5.41, 5.74) is 1.17. The first-order chi connectivity index (χ1) is 9.28. The molecule has 0 aliphatic heterocycles. The van der Waals surface area contributed by atoms with Crippen molar-refractivity contribution in [3.63, 3.8) is 0 Å². The lowest BCUT2D eigenvalue weighted by Gasteiger charge is -2.17. The van der Waals surface area contributed by atoms with Crippen LogP contribution in [0, 0.1) is 5.92 Å². The molecule has 1 aromatic carbocycles. The van der Waals surface area contributed by atoms with E-state index in [1.807, 2.05) is 18.2 Å². The molecule has 1 aromatic rings. The Balaban J connectivity index is 1.94. The second-order valence-electron chi connectivity index (χ2n) is 5.03. The number of hydrogen-bond donors (Lipinski definition) is 2. The Morgan fingerprint density at radius 3 is 2.58 bits per heavy atom. The average molecular weight is 265 g/mol. The smallest absolute Gasteiger partial charge is 0.161 e. The maximum atomic E-state index is 9.08. The highest BCUT2D eigenvalue weighted by Gasteiger charge is 2.30. The molecule has 4 nitrogen and oxygen atoms in total. The molecule has 1 atom stereocenters. The van der Waals surface area contributed by atoms with E-state index in [4.69, 9.17) is 14.6 Å². The molecular formula is C15H23NO3. The highest BCUT2D eigenvalue weighted by molar-refractivity contribution is 5.42. The largest absolute Gasteiger partial charge is 0.493 e. The topological polar surface area (TPSA) is 50.7 Å². The van der Waals surface area contributed by atoms with Crippen LogP contribution in [0.4, 0.5) is 0 Å². The van der Waals surface area contributed by atoms with E-state index in [1.54, 1.807) is 14.2 Å². The summed E-state index contributed by atoms with van der Waals surface area (Å²) >= 11 is 0. The Bertz CT molecular complexity index is 404. The maximum absolute atomic E-state index is 9.08. The Morgan fingerprint density at radius 1 is 1.26 bits per heavy atom. The minimum Gasteiger partial charge on any atom is -0.493 e. The van der Waals surface area contributed by atoms with Crippen LogP contribution in [0.15, 0.2) is 18.2 Å². The average Bonchev–Trinajstić information content (AvgIpc) is 3.27. The van der Waals surface area contributed by atoms with Gasteiger partial charge in [-0.1, -0.05) is 6.07 Å². The number of nitrogens with one attached hydrogen (secondary N) is 1. The molecule has 0 spiro atoms. The number of benzene rings is 1. The Hall–Kier alpha value is -1.26. The van der Waals surface area contributed by atoms with E-state index in [9.17, 15) is 0 Å². The van der Waals surface area contributed by atoms with Gasteiger partial charge in [0.1, 0.15) is 0 Å². The molecule has 1 saturated carbocycles. The van der Waals surface area contributed by atoms with Gasteiger partial charge in [-0.3, -0.25) is 0 Å². The number of aliphatic hydroxyl groups is 1. The van der Waals surface area contributed by atoms with Gasteiger partial charge in [-0.2, -0.15) is 0 Å². The molecule has 1 fully saturated rings. The Labute approximate surface area is 114 Å². The van der Waals surface area contributed by atoms with Crippen LogP contribution in [0.3, 0.4) is 0 Å². The van der Waals surface area contributed by atoms with Gasteiger partial charge in [-0.25, -0.2) is 0 Å². The van der Waals surface area contributed by atoms with Crippen molar-refractivity contribution in [2.75, 3.05) is 20.8 Å². The molecule has 0 heterocycles. The summed E-state index contributed by atoms with van der Waals surface area (Å²) in [7, 11) is 3.29. The number of ether oxygens (including phenoxy) is 2. The zero-order chi connectivity index (χ0) is 13.7. The number of methoxy groups -OCH3 is 2. The Kier molecular flexibility index (Phi) is 5.05. The van der Waals surface area contributed by atoms with Gasteiger partial charge in [0.25, 0.3) is 0 Å². The normalized spacial score (nSPS) is 16.2. The van der Waals surface area contributed by atoms with Crippen LogP contribution in [0.2, 0.25) is 0 Å². The lowest BCUT2D eigenvalue weighted by molar-refractivity contribution is 0.255. The minimum absolute atomic E-state index is 0.250. The first-order valence-corrected chi connectivity index (χ1v) is 6.83. The van der Waals surface area contributed by atoms with Crippen molar-refractivity contribution < 1.29 is 14.6 Å². The third-order valence-electron chi connectivity index (χ3n) is 3.65. The second-order valence-corrected chi connectivity index (χ2v) is 5.03. The zero-order valence-electron chi connectivity index (χ0n) is 11.7. The van der Waals surface area contributed by atoms with E-state index in [1.165, 1.54) is 18.4 Å². The van der Waals surface area contributed by atoms with Crippen molar-refractivity contribution in [1.29, 1.82) is 0 Å². The van der Waals surface area contributed by atoms with Crippen LogP contribution in [0.25, 0.3) is 0 Å². The van der Waals surface area contributed by atoms with Crippen molar-refractivity contribution in [2.45, 2.75) is 31.8 Å². The fraction of sp³-hybridized carbons (Fsp3) is 0.600. The van der Waals surface area contributed by atoms with Gasteiger partial charge in [0.2, 0.25) is 0 Å². The molecule has 106 valence electrons. The van der Waals surface area contributed by atoms with Crippen LogP contribution < -0.4 is 14.8 Å². The maximum Gasteiger partial charge on any atom is 0.161 e. The first-order valence-electron chi connectivity index (χ1n) is 6.83. The second kappa shape index (κ2) is 6.78. The van der Waals surface area contributed by atoms with Crippen LogP contribution >= 0.6 is 0 Å². The quantitative estimate of drug-likeness (QED) is 0.754. The summed E-state index contributed by atoms with van der Waals surface area (Å²) in [5.74, 6) is 2.25. The molecule has 0 amide bonds. The summed E-state index contributed by atoms with van der Waals surface area (Å²) in [6.07, 6.45) is 3.39. The van der Waals surface area contributed by atoms with Gasteiger partial charge in [-0.05, 0) is 42.9 Å². The monoisotopic (exact) mass is 265 g/mol.